The quantitative estimate of drug-likeness (QED) is 0.278. The minimum atomic E-state index is 0. The van der Waals surface area contributed by atoms with E-state index in [0.717, 1.165) is 72.6 Å². The number of hydrogen-bond donors (Lipinski definition) is 1. The molecule has 1 aliphatic rings. The number of anilines is 2. The van der Waals surface area contributed by atoms with Gasteiger partial charge in [0.15, 0.2) is 22.8 Å². The zero-order chi connectivity index (χ0) is 25.2. The lowest BCUT2D eigenvalue weighted by Crippen LogP contribution is -2.47. The summed E-state index contributed by atoms with van der Waals surface area (Å²) in [5.74, 6) is 1.67. The lowest BCUT2D eigenvalue weighted by Gasteiger charge is -2.37. The highest BCUT2D eigenvalue weighted by Crippen LogP contribution is 2.32. The van der Waals surface area contributed by atoms with Crippen LogP contribution in [0.25, 0.3) is 27.6 Å². The lowest BCUT2D eigenvalue weighted by molar-refractivity contribution is 0.267. The maximum absolute atomic E-state index is 5.02. The van der Waals surface area contributed by atoms with Gasteiger partial charge in [-0.05, 0) is 54.6 Å². The van der Waals surface area contributed by atoms with Gasteiger partial charge in [-0.2, -0.15) is 0 Å². The first kappa shape index (κ1) is 26.2. The molecule has 0 spiro atoms. The number of rotatable bonds is 7. The second kappa shape index (κ2) is 11.5. The third kappa shape index (κ3) is 5.12. The molecule has 38 heavy (non-hydrogen) atoms. The molecule has 0 atom stereocenters. The summed E-state index contributed by atoms with van der Waals surface area (Å²) in [5.41, 5.74) is 6.78. The molecule has 5 aromatic rings. The number of halogens is 1. The second-order valence-electron chi connectivity index (χ2n) is 9.45. The van der Waals surface area contributed by atoms with Gasteiger partial charge in [-0.1, -0.05) is 36.4 Å². The van der Waals surface area contributed by atoms with Crippen LogP contribution in [0.5, 0.6) is 0 Å². The number of aryl methyl sites for hydroxylation is 1. The molecule has 7 nitrogen and oxygen atoms in total. The van der Waals surface area contributed by atoms with Crippen LogP contribution in [0, 0.1) is 13.8 Å². The van der Waals surface area contributed by atoms with Crippen molar-refractivity contribution in [1.82, 2.24) is 24.4 Å². The molecule has 1 N–H and O–H groups in total. The number of hydrogen-bond acceptors (Lipinski definition) is 7. The van der Waals surface area contributed by atoms with Crippen LogP contribution >= 0.6 is 23.7 Å². The predicted molar refractivity (Wildman–Crippen MR) is 160 cm³/mol. The molecule has 4 heterocycles. The Labute approximate surface area is 233 Å². The van der Waals surface area contributed by atoms with E-state index in [1.165, 1.54) is 16.8 Å². The molecule has 6 rings (SSSR count). The van der Waals surface area contributed by atoms with Gasteiger partial charge in [0, 0.05) is 50.6 Å². The van der Waals surface area contributed by atoms with Crippen LogP contribution in [-0.2, 0) is 0 Å². The van der Waals surface area contributed by atoms with Gasteiger partial charge < -0.3 is 10.2 Å². The zero-order valence-corrected chi connectivity index (χ0v) is 23.3. The summed E-state index contributed by atoms with van der Waals surface area (Å²) in [5, 5.41) is 5.63. The molecule has 3 aromatic heterocycles. The van der Waals surface area contributed by atoms with Crippen LogP contribution < -0.4 is 10.2 Å². The molecule has 196 valence electrons. The van der Waals surface area contributed by atoms with Gasteiger partial charge in [-0.15, -0.1) is 23.7 Å². The smallest absolute Gasteiger partial charge is 0.170 e. The van der Waals surface area contributed by atoms with E-state index in [1.807, 2.05) is 18.2 Å². The van der Waals surface area contributed by atoms with Gasteiger partial charge in [-0.25, -0.2) is 15.0 Å². The number of imidazole rings is 1. The summed E-state index contributed by atoms with van der Waals surface area (Å²) in [6.45, 7) is 10.4. The van der Waals surface area contributed by atoms with Crippen molar-refractivity contribution < 1.29 is 0 Å². The van der Waals surface area contributed by atoms with Gasteiger partial charge in [0.25, 0.3) is 0 Å². The average Bonchev–Trinajstić information content (AvgIpc) is 3.60. The van der Waals surface area contributed by atoms with Crippen LogP contribution in [0.3, 0.4) is 0 Å². The standard InChI is InChI=1S/C29H31N7S.ClH/c1-21-8-6-11-24(22(21)2)35-17-15-34(16-18-35)14-13-30-27-26-29(32-20-31-27)36(23-9-4-3-5-10-23)28(33-26)25-12-7-19-37-25;/h3-12,19-20H,13-18H2,1-2H3,(H,30,31,32);1H. The van der Waals surface area contributed by atoms with E-state index in [1.54, 1.807) is 17.7 Å². The largest absolute Gasteiger partial charge is 0.369 e. The van der Waals surface area contributed by atoms with E-state index >= 15 is 0 Å². The van der Waals surface area contributed by atoms with Crippen molar-refractivity contribution in [3.8, 4) is 16.4 Å². The van der Waals surface area contributed by atoms with E-state index in [9.17, 15) is 0 Å². The molecule has 0 aliphatic carbocycles. The zero-order valence-electron chi connectivity index (χ0n) is 21.7. The first-order valence-corrected chi connectivity index (χ1v) is 13.7. The van der Waals surface area contributed by atoms with Crippen LogP contribution in [-0.4, -0.2) is 63.7 Å². The van der Waals surface area contributed by atoms with Gasteiger partial charge in [0.2, 0.25) is 0 Å². The first-order chi connectivity index (χ1) is 18.2. The van der Waals surface area contributed by atoms with Gasteiger partial charge in [0.1, 0.15) is 6.33 Å². The average molecular weight is 546 g/mol. The second-order valence-corrected chi connectivity index (χ2v) is 10.4. The molecule has 1 aliphatic heterocycles. The summed E-state index contributed by atoms with van der Waals surface area (Å²) in [7, 11) is 0. The number of para-hydroxylation sites is 1. The van der Waals surface area contributed by atoms with Crippen molar-refractivity contribution in [3.05, 3.63) is 83.5 Å². The molecule has 0 radical (unpaired) electrons. The molecular weight excluding hydrogens is 514 g/mol. The molecule has 0 amide bonds. The number of aromatic nitrogens is 4. The summed E-state index contributed by atoms with van der Waals surface area (Å²) < 4.78 is 2.13. The molecule has 2 aromatic carbocycles. The molecule has 1 fully saturated rings. The number of thiophene rings is 1. The maximum atomic E-state index is 5.02. The fourth-order valence-electron chi connectivity index (χ4n) is 5.04. The van der Waals surface area contributed by atoms with E-state index in [4.69, 9.17) is 4.98 Å². The Hall–Kier alpha value is -3.46. The van der Waals surface area contributed by atoms with Crippen molar-refractivity contribution >= 4 is 46.4 Å². The Balaban J connectivity index is 0.00000294. The number of benzene rings is 2. The highest BCUT2D eigenvalue weighted by molar-refractivity contribution is 7.13. The van der Waals surface area contributed by atoms with Crippen molar-refractivity contribution in [1.29, 1.82) is 0 Å². The highest BCUT2D eigenvalue weighted by Gasteiger charge is 2.21. The maximum Gasteiger partial charge on any atom is 0.170 e. The van der Waals surface area contributed by atoms with Gasteiger partial charge in [-0.3, -0.25) is 9.47 Å². The van der Waals surface area contributed by atoms with E-state index in [2.05, 4.69) is 91.3 Å². The number of nitrogens with one attached hydrogen (secondary N) is 1. The summed E-state index contributed by atoms with van der Waals surface area (Å²) >= 11 is 1.68. The Kier molecular flexibility index (Phi) is 7.93. The SMILES string of the molecule is Cc1cccc(N2CCN(CCNc3ncnc4c3nc(-c3cccs3)n4-c3ccccc3)CC2)c1C.Cl. The molecular formula is C29H32ClN7S. The summed E-state index contributed by atoms with van der Waals surface area (Å²) in [6, 6.07) is 21.0. The van der Waals surface area contributed by atoms with Crippen LogP contribution in [0.1, 0.15) is 11.1 Å². The van der Waals surface area contributed by atoms with E-state index in [0.29, 0.717) is 0 Å². The van der Waals surface area contributed by atoms with Crippen molar-refractivity contribution in [3.63, 3.8) is 0 Å². The third-order valence-electron chi connectivity index (χ3n) is 7.21. The third-order valence-corrected chi connectivity index (χ3v) is 8.08. The molecule has 0 saturated carbocycles. The fraction of sp³-hybridized carbons (Fsp3) is 0.276. The van der Waals surface area contributed by atoms with Crippen molar-refractivity contribution in [2.24, 2.45) is 0 Å². The monoisotopic (exact) mass is 545 g/mol. The Morgan fingerprint density at radius 3 is 2.47 bits per heavy atom. The van der Waals surface area contributed by atoms with Crippen LogP contribution in [0.15, 0.2) is 72.4 Å². The molecule has 1 saturated heterocycles. The highest BCUT2D eigenvalue weighted by atomic mass is 35.5. The predicted octanol–water partition coefficient (Wildman–Crippen LogP) is 5.82. The topological polar surface area (TPSA) is 62.1 Å². The summed E-state index contributed by atoms with van der Waals surface area (Å²) in [4.78, 5) is 20.4. The summed E-state index contributed by atoms with van der Waals surface area (Å²) in [6.07, 6.45) is 1.63. The molecule has 9 heteroatoms. The van der Waals surface area contributed by atoms with Gasteiger partial charge >= 0.3 is 0 Å². The van der Waals surface area contributed by atoms with E-state index < -0.39 is 0 Å². The van der Waals surface area contributed by atoms with Gasteiger partial charge in [0.05, 0.1) is 4.88 Å². The number of nitrogens with zero attached hydrogens (tertiary/aromatic N) is 6. The first-order valence-electron chi connectivity index (χ1n) is 12.8. The van der Waals surface area contributed by atoms with E-state index in [-0.39, 0.29) is 12.4 Å². The Morgan fingerprint density at radius 2 is 1.71 bits per heavy atom. The molecule has 0 unspecified atom stereocenters. The Morgan fingerprint density at radius 1 is 0.895 bits per heavy atom. The van der Waals surface area contributed by atoms with Crippen molar-refractivity contribution in [2.75, 3.05) is 49.5 Å². The normalized spacial score (nSPS) is 14.0. The minimum Gasteiger partial charge on any atom is -0.369 e. The Bertz CT molecular complexity index is 1490. The lowest BCUT2D eigenvalue weighted by atomic mass is 10.1. The minimum absolute atomic E-state index is 0. The van der Waals surface area contributed by atoms with Crippen LogP contribution in [0.2, 0.25) is 0 Å². The number of piperazine rings is 1. The number of fused-ring (bicyclic) bond motifs is 1. The van der Waals surface area contributed by atoms with Crippen molar-refractivity contribution in [2.45, 2.75) is 13.8 Å². The van der Waals surface area contributed by atoms with Crippen LogP contribution in [0.4, 0.5) is 11.5 Å². The fourth-order valence-corrected chi connectivity index (χ4v) is 5.74. The molecule has 0 bridgehead atoms.